The lowest BCUT2D eigenvalue weighted by Gasteiger charge is -2.24. The summed E-state index contributed by atoms with van der Waals surface area (Å²) in [5.41, 5.74) is 1.30. The molecule has 1 unspecified atom stereocenters. The molecule has 1 aromatic rings. The maximum Gasteiger partial charge on any atom is 0.270 e. The van der Waals surface area contributed by atoms with Crippen LogP contribution in [0, 0.1) is 6.92 Å². The smallest absolute Gasteiger partial charge is 0.270 e. The minimum atomic E-state index is -0.138. The third-order valence-corrected chi connectivity index (χ3v) is 3.01. The number of aromatic nitrogens is 1. The highest BCUT2D eigenvalue weighted by Gasteiger charge is 2.30. The summed E-state index contributed by atoms with van der Waals surface area (Å²) in [4.78, 5) is 16.1. The molecule has 1 amide bonds. The summed E-state index contributed by atoms with van der Waals surface area (Å²) in [6.07, 6.45) is 2.61. The zero-order valence-electron chi connectivity index (χ0n) is 9.71. The number of hydrogen-bond acceptors (Lipinski definition) is 3. The normalized spacial score (nSPS) is 24.4. The fraction of sp³-hybridized carbons (Fsp3) is 0.500. The minimum absolute atomic E-state index is 0.0794. The Hall–Kier alpha value is -1.42. The van der Waals surface area contributed by atoms with E-state index in [2.05, 4.69) is 22.5 Å². The van der Waals surface area contributed by atoms with Gasteiger partial charge in [-0.1, -0.05) is 6.07 Å². The average Bonchev–Trinajstić information content (AvgIpc) is 2.65. The number of carbonyl (C=O) groups excluding carboxylic acids is 1. The molecular formula is C12H17N3O. The molecule has 1 fully saturated rings. The van der Waals surface area contributed by atoms with E-state index in [0.717, 1.165) is 25.1 Å². The van der Waals surface area contributed by atoms with Gasteiger partial charge in [0, 0.05) is 12.7 Å². The number of nitrogens with zero attached hydrogens (tertiary/aromatic N) is 1. The Morgan fingerprint density at radius 3 is 3.06 bits per heavy atom. The van der Waals surface area contributed by atoms with Gasteiger partial charge in [0.15, 0.2) is 0 Å². The van der Waals surface area contributed by atoms with Gasteiger partial charge in [-0.05, 0) is 38.4 Å². The molecule has 1 atom stereocenters. The topological polar surface area (TPSA) is 54.0 Å². The Kier molecular flexibility index (Phi) is 2.92. The number of rotatable bonds is 2. The van der Waals surface area contributed by atoms with Crippen molar-refractivity contribution >= 4 is 5.91 Å². The second-order valence-electron chi connectivity index (χ2n) is 4.61. The first-order valence-corrected chi connectivity index (χ1v) is 5.56. The number of hydrogen-bond donors (Lipinski definition) is 2. The van der Waals surface area contributed by atoms with Crippen LogP contribution in [0.2, 0.25) is 0 Å². The molecule has 0 radical (unpaired) electrons. The molecule has 16 heavy (non-hydrogen) atoms. The summed E-state index contributed by atoms with van der Waals surface area (Å²) in [6, 6.07) is 3.74. The van der Waals surface area contributed by atoms with Gasteiger partial charge in [0.2, 0.25) is 0 Å². The maximum atomic E-state index is 12.0. The van der Waals surface area contributed by atoms with Gasteiger partial charge in [0.05, 0.1) is 5.54 Å². The van der Waals surface area contributed by atoms with Crippen molar-refractivity contribution in [3.8, 4) is 0 Å². The molecule has 0 spiro atoms. The molecule has 86 valence electrons. The zero-order valence-corrected chi connectivity index (χ0v) is 9.71. The summed E-state index contributed by atoms with van der Waals surface area (Å²) in [5, 5.41) is 6.30. The molecule has 4 heteroatoms. The molecule has 2 heterocycles. The van der Waals surface area contributed by atoms with Crippen molar-refractivity contribution < 1.29 is 4.79 Å². The summed E-state index contributed by atoms with van der Waals surface area (Å²) in [5.74, 6) is -0.0794. The van der Waals surface area contributed by atoms with E-state index in [1.54, 1.807) is 6.20 Å². The van der Waals surface area contributed by atoms with Crippen LogP contribution in [0.25, 0.3) is 0 Å². The Balaban J connectivity index is 2.11. The van der Waals surface area contributed by atoms with Gasteiger partial charge in [-0.15, -0.1) is 0 Å². The van der Waals surface area contributed by atoms with Crippen molar-refractivity contribution in [1.82, 2.24) is 15.6 Å². The van der Waals surface area contributed by atoms with E-state index >= 15 is 0 Å². The summed E-state index contributed by atoms with van der Waals surface area (Å²) in [7, 11) is 0. The first-order chi connectivity index (χ1) is 7.61. The Bertz CT molecular complexity index is 397. The lowest BCUT2D eigenvalue weighted by Crippen LogP contribution is -2.47. The molecule has 0 aromatic carbocycles. The highest BCUT2D eigenvalue weighted by Crippen LogP contribution is 2.14. The summed E-state index contributed by atoms with van der Waals surface area (Å²) >= 11 is 0. The zero-order chi connectivity index (χ0) is 11.6. The molecule has 2 rings (SSSR count). The van der Waals surface area contributed by atoms with E-state index < -0.39 is 0 Å². The van der Waals surface area contributed by atoms with E-state index in [1.165, 1.54) is 0 Å². The number of amides is 1. The molecule has 1 saturated heterocycles. The van der Waals surface area contributed by atoms with E-state index in [0.29, 0.717) is 5.69 Å². The molecule has 0 saturated carbocycles. The van der Waals surface area contributed by atoms with Crippen LogP contribution in [0.3, 0.4) is 0 Å². The molecule has 1 aliphatic heterocycles. The monoisotopic (exact) mass is 219 g/mol. The number of aryl methyl sites for hydroxylation is 1. The molecule has 1 aromatic heterocycles. The summed E-state index contributed by atoms with van der Waals surface area (Å²) < 4.78 is 0. The molecular weight excluding hydrogens is 202 g/mol. The highest BCUT2D eigenvalue weighted by atomic mass is 16.2. The van der Waals surface area contributed by atoms with Gasteiger partial charge in [-0.2, -0.15) is 0 Å². The molecule has 2 N–H and O–H groups in total. The molecule has 1 aliphatic rings. The van der Waals surface area contributed by atoms with Crippen LogP contribution < -0.4 is 10.6 Å². The average molecular weight is 219 g/mol. The lowest BCUT2D eigenvalue weighted by molar-refractivity contribution is 0.0907. The number of nitrogens with one attached hydrogen (secondary N) is 2. The maximum absolute atomic E-state index is 12.0. The van der Waals surface area contributed by atoms with Gasteiger partial charge < -0.3 is 10.6 Å². The Morgan fingerprint density at radius 2 is 2.44 bits per heavy atom. The van der Waals surface area contributed by atoms with Crippen molar-refractivity contribution in [2.45, 2.75) is 25.8 Å². The van der Waals surface area contributed by atoms with Crippen molar-refractivity contribution in [1.29, 1.82) is 0 Å². The van der Waals surface area contributed by atoms with Crippen LogP contribution in [0.1, 0.15) is 29.4 Å². The Morgan fingerprint density at radius 1 is 1.62 bits per heavy atom. The van der Waals surface area contributed by atoms with Crippen molar-refractivity contribution in [3.05, 3.63) is 29.6 Å². The van der Waals surface area contributed by atoms with Crippen molar-refractivity contribution in [2.24, 2.45) is 0 Å². The summed E-state index contributed by atoms with van der Waals surface area (Å²) in [6.45, 7) is 5.74. The van der Waals surface area contributed by atoms with Crippen molar-refractivity contribution in [3.63, 3.8) is 0 Å². The number of carbonyl (C=O) groups is 1. The van der Waals surface area contributed by atoms with Gasteiger partial charge in [0.25, 0.3) is 5.91 Å². The fourth-order valence-corrected chi connectivity index (χ4v) is 1.98. The largest absolute Gasteiger partial charge is 0.344 e. The van der Waals surface area contributed by atoms with Crippen LogP contribution in [-0.4, -0.2) is 29.5 Å². The first-order valence-electron chi connectivity index (χ1n) is 5.56. The van der Waals surface area contributed by atoms with E-state index in [9.17, 15) is 4.79 Å². The van der Waals surface area contributed by atoms with Crippen molar-refractivity contribution in [2.75, 3.05) is 13.1 Å². The van der Waals surface area contributed by atoms with Gasteiger partial charge in [0.1, 0.15) is 5.69 Å². The van der Waals surface area contributed by atoms with Crippen LogP contribution in [-0.2, 0) is 0 Å². The van der Waals surface area contributed by atoms with Crippen LogP contribution in [0.5, 0.6) is 0 Å². The fourth-order valence-electron chi connectivity index (χ4n) is 1.98. The third-order valence-electron chi connectivity index (χ3n) is 3.01. The van der Waals surface area contributed by atoms with Gasteiger partial charge >= 0.3 is 0 Å². The van der Waals surface area contributed by atoms with Crippen LogP contribution >= 0.6 is 0 Å². The lowest BCUT2D eigenvalue weighted by atomic mass is 10.0. The highest BCUT2D eigenvalue weighted by molar-refractivity contribution is 5.94. The van der Waals surface area contributed by atoms with Gasteiger partial charge in [-0.3, -0.25) is 9.78 Å². The van der Waals surface area contributed by atoms with E-state index in [-0.39, 0.29) is 11.4 Å². The van der Waals surface area contributed by atoms with Crippen LogP contribution in [0.15, 0.2) is 18.3 Å². The second kappa shape index (κ2) is 4.22. The van der Waals surface area contributed by atoms with E-state index in [4.69, 9.17) is 0 Å². The Labute approximate surface area is 95.5 Å². The van der Waals surface area contributed by atoms with Crippen LogP contribution in [0.4, 0.5) is 0 Å². The first kappa shape index (κ1) is 11.1. The molecule has 0 aliphatic carbocycles. The third kappa shape index (κ3) is 2.22. The molecule has 4 nitrogen and oxygen atoms in total. The predicted octanol–water partition coefficient (Wildman–Crippen LogP) is 0.872. The second-order valence-corrected chi connectivity index (χ2v) is 4.61. The minimum Gasteiger partial charge on any atom is -0.344 e. The van der Waals surface area contributed by atoms with E-state index in [1.807, 2.05) is 19.1 Å². The molecule has 0 bridgehead atoms. The number of pyridine rings is 1. The SMILES string of the molecule is Cc1cccnc1C(=O)NC1(C)CCNC1. The van der Waals surface area contributed by atoms with Gasteiger partial charge in [-0.25, -0.2) is 0 Å². The standard InChI is InChI=1S/C12H17N3O/c1-9-4-3-6-14-10(9)11(16)15-12(2)5-7-13-8-12/h3-4,6,13H,5,7-8H2,1-2H3,(H,15,16). The quantitative estimate of drug-likeness (QED) is 0.776. The predicted molar refractivity (Wildman–Crippen MR) is 62.3 cm³/mol.